The number of halogens is 1. The third kappa shape index (κ3) is 2.29. The fourth-order valence-corrected chi connectivity index (χ4v) is 2.16. The second-order valence-corrected chi connectivity index (χ2v) is 4.30. The number of hydrogen-bond donors (Lipinski definition) is 2. The third-order valence-electron chi connectivity index (χ3n) is 3.10. The summed E-state index contributed by atoms with van der Waals surface area (Å²) in [5.74, 6) is -0.186. The number of hydrogen-bond acceptors (Lipinski definition) is 2. The van der Waals surface area contributed by atoms with Crippen molar-refractivity contribution in [1.29, 1.82) is 0 Å². The number of aryl methyl sites for hydroxylation is 1. The minimum atomic E-state index is -0.186. The quantitative estimate of drug-likeness (QED) is 0.783. The van der Waals surface area contributed by atoms with Crippen molar-refractivity contribution in [3.63, 3.8) is 0 Å². The largest absolute Gasteiger partial charge is 0.381 e. The van der Waals surface area contributed by atoms with E-state index in [0.29, 0.717) is 6.04 Å². The fourth-order valence-electron chi connectivity index (χ4n) is 2.16. The summed E-state index contributed by atoms with van der Waals surface area (Å²) in [5.41, 5.74) is 7.91. The van der Waals surface area contributed by atoms with Crippen LogP contribution in [0.4, 0.5) is 10.1 Å². The van der Waals surface area contributed by atoms with Gasteiger partial charge in [-0.05, 0) is 49.9 Å². The maximum atomic E-state index is 12.9. The lowest BCUT2D eigenvalue weighted by molar-refractivity contribution is 0.623. The fraction of sp³-hybridized carbons (Fsp3) is 0.500. The summed E-state index contributed by atoms with van der Waals surface area (Å²) >= 11 is 0. The maximum absolute atomic E-state index is 12.9. The molecule has 0 heterocycles. The van der Waals surface area contributed by atoms with Gasteiger partial charge in [-0.3, -0.25) is 0 Å². The molecule has 3 heteroatoms. The Bertz CT molecular complexity index is 351. The molecule has 1 fully saturated rings. The number of nitrogens with two attached hydrogens (primary N) is 1. The predicted octanol–water partition coefficient (Wildman–Crippen LogP) is 2.43. The highest BCUT2D eigenvalue weighted by Gasteiger charge is 2.23. The molecule has 0 aromatic heterocycles. The van der Waals surface area contributed by atoms with Gasteiger partial charge in [0.1, 0.15) is 5.82 Å². The standard InChI is InChI=1S/C12H17FN2/c1-8-7-9(13)5-6-11(8)15-12-4-2-3-10(12)14/h5-7,10,12,15H,2-4,14H2,1H3/t10-,12+/m0/s1. The van der Waals surface area contributed by atoms with Crippen molar-refractivity contribution in [2.45, 2.75) is 38.3 Å². The first-order valence-corrected chi connectivity index (χ1v) is 5.45. The highest BCUT2D eigenvalue weighted by molar-refractivity contribution is 5.51. The van der Waals surface area contributed by atoms with Crippen molar-refractivity contribution in [1.82, 2.24) is 0 Å². The molecule has 2 rings (SSSR count). The molecular formula is C12H17FN2. The molecule has 1 aliphatic rings. The van der Waals surface area contributed by atoms with Crippen LogP contribution < -0.4 is 11.1 Å². The van der Waals surface area contributed by atoms with E-state index >= 15 is 0 Å². The summed E-state index contributed by atoms with van der Waals surface area (Å²) in [6.07, 6.45) is 3.37. The SMILES string of the molecule is Cc1cc(F)ccc1N[C@@H]1CCC[C@@H]1N. The smallest absolute Gasteiger partial charge is 0.123 e. The van der Waals surface area contributed by atoms with Crippen LogP contribution in [0.15, 0.2) is 18.2 Å². The van der Waals surface area contributed by atoms with Crippen LogP contribution in [-0.4, -0.2) is 12.1 Å². The van der Waals surface area contributed by atoms with Gasteiger partial charge < -0.3 is 11.1 Å². The van der Waals surface area contributed by atoms with Gasteiger partial charge in [-0.1, -0.05) is 0 Å². The molecule has 1 aromatic rings. The number of anilines is 1. The molecule has 15 heavy (non-hydrogen) atoms. The lowest BCUT2D eigenvalue weighted by Crippen LogP contribution is -2.35. The molecule has 0 radical (unpaired) electrons. The van der Waals surface area contributed by atoms with E-state index in [1.54, 1.807) is 12.1 Å². The Kier molecular flexibility index (Phi) is 2.91. The highest BCUT2D eigenvalue weighted by atomic mass is 19.1. The predicted molar refractivity (Wildman–Crippen MR) is 60.4 cm³/mol. The van der Waals surface area contributed by atoms with Crippen LogP contribution >= 0.6 is 0 Å². The van der Waals surface area contributed by atoms with Crippen LogP contribution in [0, 0.1) is 12.7 Å². The van der Waals surface area contributed by atoms with E-state index in [2.05, 4.69) is 5.32 Å². The van der Waals surface area contributed by atoms with E-state index in [-0.39, 0.29) is 11.9 Å². The normalized spacial score (nSPS) is 25.5. The summed E-state index contributed by atoms with van der Waals surface area (Å²) < 4.78 is 12.9. The monoisotopic (exact) mass is 208 g/mol. The molecule has 2 atom stereocenters. The van der Waals surface area contributed by atoms with Gasteiger partial charge in [0.05, 0.1) is 0 Å². The Morgan fingerprint density at radius 1 is 1.40 bits per heavy atom. The molecule has 0 saturated heterocycles. The average Bonchev–Trinajstić information content (AvgIpc) is 2.57. The summed E-state index contributed by atoms with van der Waals surface area (Å²) in [4.78, 5) is 0. The van der Waals surface area contributed by atoms with Gasteiger partial charge in [-0.2, -0.15) is 0 Å². The first-order valence-electron chi connectivity index (χ1n) is 5.45. The molecule has 0 bridgehead atoms. The zero-order valence-electron chi connectivity index (χ0n) is 8.96. The van der Waals surface area contributed by atoms with Crippen LogP contribution in [0.5, 0.6) is 0 Å². The van der Waals surface area contributed by atoms with Crippen LogP contribution in [0.3, 0.4) is 0 Å². The van der Waals surface area contributed by atoms with E-state index in [1.807, 2.05) is 6.92 Å². The van der Waals surface area contributed by atoms with Gasteiger partial charge >= 0.3 is 0 Å². The van der Waals surface area contributed by atoms with Crippen molar-refractivity contribution in [3.8, 4) is 0 Å². The molecule has 2 nitrogen and oxygen atoms in total. The number of nitrogens with one attached hydrogen (secondary N) is 1. The zero-order valence-corrected chi connectivity index (χ0v) is 8.96. The van der Waals surface area contributed by atoms with E-state index in [1.165, 1.54) is 12.5 Å². The van der Waals surface area contributed by atoms with Crippen molar-refractivity contribution in [2.24, 2.45) is 5.73 Å². The van der Waals surface area contributed by atoms with E-state index in [9.17, 15) is 4.39 Å². The van der Waals surface area contributed by atoms with Gasteiger partial charge in [0, 0.05) is 17.8 Å². The van der Waals surface area contributed by atoms with E-state index in [4.69, 9.17) is 5.73 Å². The van der Waals surface area contributed by atoms with E-state index in [0.717, 1.165) is 24.1 Å². The Morgan fingerprint density at radius 2 is 2.20 bits per heavy atom. The lowest BCUT2D eigenvalue weighted by Gasteiger charge is -2.20. The summed E-state index contributed by atoms with van der Waals surface area (Å²) in [5, 5.41) is 3.39. The van der Waals surface area contributed by atoms with Gasteiger partial charge in [0.2, 0.25) is 0 Å². The highest BCUT2D eigenvalue weighted by Crippen LogP contribution is 2.23. The number of rotatable bonds is 2. The second kappa shape index (κ2) is 4.19. The van der Waals surface area contributed by atoms with E-state index < -0.39 is 0 Å². The van der Waals surface area contributed by atoms with Gasteiger partial charge in [-0.15, -0.1) is 0 Å². The van der Waals surface area contributed by atoms with Crippen LogP contribution in [0.1, 0.15) is 24.8 Å². The lowest BCUT2D eigenvalue weighted by atomic mass is 10.1. The molecule has 0 amide bonds. The molecule has 1 saturated carbocycles. The number of benzene rings is 1. The molecule has 1 aliphatic carbocycles. The van der Waals surface area contributed by atoms with Crippen molar-refractivity contribution in [3.05, 3.63) is 29.6 Å². The van der Waals surface area contributed by atoms with Crippen molar-refractivity contribution < 1.29 is 4.39 Å². The van der Waals surface area contributed by atoms with Gasteiger partial charge in [0.15, 0.2) is 0 Å². The van der Waals surface area contributed by atoms with Crippen LogP contribution in [0.25, 0.3) is 0 Å². The summed E-state index contributed by atoms with van der Waals surface area (Å²) in [6.45, 7) is 1.91. The molecular weight excluding hydrogens is 191 g/mol. The summed E-state index contributed by atoms with van der Waals surface area (Å²) in [6, 6.07) is 5.39. The third-order valence-corrected chi connectivity index (χ3v) is 3.10. The molecule has 0 aliphatic heterocycles. The molecule has 0 unspecified atom stereocenters. The second-order valence-electron chi connectivity index (χ2n) is 4.30. The first kappa shape index (κ1) is 10.4. The van der Waals surface area contributed by atoms with Gasteiger partial charge in [-0.25, -0.2) is 4.39 Å². The van der Waals surface area contributed by atoms with Gasteiger partial charge in [0.25, 0.3) is 0 Å². The first-order chi connectivity index (χ1) is 7.16. The topological polar surface area (TPSA) is 38.0 Å². The zero-order chi connectivity index (χ0) is 10.8. The Labute approximate surface area is 89.7 Å². The molecule has 3 N–H and O–H groups in total. The average molecular weight is 208 g/mol. The van der Waals surface area contributed by atoms with Crippen molar-refractivity contribution in [2.75, 3.05) is 5.32 Å². The summed E-state index contributed by atoms with van der Waals surface area (Å²) in [7, 11) is 0. The molecule has 0 spiro atoms. The minimum Gasteiger partial charge on any atom is -0.381 e. The Hall–Kier alpha value is -1.09. The maximum Gasteiger partial charge on any atom is 0.123 e. The molecule has 1 aromatic carbocycles. The van der Waals surface area contributed by atoms with Crippen molar-refractivity contribution >= 4 is 5.69 Å². The Balaban J connectivity index is 2.10. The van der Waals surface area contributed by atoms with Crippen LogP contribution in [0.2, 0.25) is 0 Å². The Morgan fingerprint density at radius 3 is 2.80 bits per heavy atom. The molecule has 82 valence electrons. The minimum absolute atomic E-state index is 0.186. The van der Waals surface area contributed by atoms with Crippen LogP contribution in [-0.2, 0) is 0 Å².